The predicted molar refractivity (Wildman–Crippen MR) is 78.6 cm³/mol. The Morgan fingerprint density at radius 1 is 1.33 bits per heavy atom. The fourth-order valence-electron chi connectivity index (χ4n) is 1.75. The molecular formula is C14H15N3S. The summed E-state index contributed by atoms with van der Waals surface area (Å²) in [6, 6.07) is 11.8. The average molecular weight is 257 g/mol. The number of hydrogen-bond acceptors (Lipinski definition) is 3. The number of benzene rings is 1. The number of nitrogens with two attached hydrogens (primary N) is 1. The molecule has 1 aromatic heterocycles. The number of aromatic nitrogens is 1. The van der Waals surface area contributed by atoms with Crippen molar-refractivity contribution in [2.45, 2.75) is 13.5 Å². The Balaban J connectivity index is 2.07. The second kappa shape index (κ2) is 5.60. The molecule has 1 aromatic carbocycles. The summed E-state index contributed by atoms with van der Waals surface area (Å²) in [5.41, 5.74) is 9.68. The summed E-state index contributed by atoms with van der Waals surface area (Å²) in [5.74, 6) is 0. The van der Waals surface area contributed by atoms with Crippen LogP contribution in [0.4, 0.5) is 5.69 Å². The number of aryl methyl sites for hydroxylation is 1. The zero-order valence-corrected chi connectivity index (χ0v) is 11.0. The molecule has 2 rings (SSSR count). The van der Waals surface area contributed by atoms with Crippen molar-refractivity contribution in [3.63, 3.8) is 0 Å². The summed E-state index contributed by atoms with van der Waals surface area (Å²) in [6.45, 7) is 2.70. The maximum Gasteiger partial charge on any atom is 0.104 e. The van der Waals surface area contributed by atoms with E-state index >= 15 is 0 Å². The molecule has 0 bridgehead atoms. The van der Waals surface area contributed by atoms with Crippen LogP contribution < -0.4 is 11.1 Å². The first-order chi connectivity index (χ1) is 8.66. The van der Waals surface area contributed by atoms with E-state index in [1.54, 1.807) is 6.20 Å². The fraction of sp³-hybridized carbons (Fsp3) is 0.143. The largest absolute Gasteiger partial charge is 0.389 e. The highest BCUT2D eigenvalue weighted by molar-refractivity contribution is 7.80. The number of rotatable bonds is 4. The summed E-state index contributed by atoms with van der Waals surface area (Å²) in [6.07, 6.45) is 1.79. The van der Waals surface area contributed by atoms with Gasteiger partial charge in [0.1, 0.15) is 4.99 Å². The van der Waals surface area contributed by atoms with Gasteiger partial charge in [0.25, 0.3) is 0 Å². The van der Waals surface area contributed by atoms with Gasteiger partial charge in [-0.05, 0) is 42.8 Å². The highest BCUT2D eigenvalue weighted by atomic mass is 32.1. The van der Waals surface area contributed by atoms with Crippen molar-refractivity contribution in [1.29, 1.82) is 0 Å². The first-order valence-corrected chi connectivity index (χ1v) is 6.12. The van der Waals surface area contributed by atoms with Gasteiger partial charge in [0.15, 0.2) is 0 Å². The van der Waals surface area contributed by atoms with Gasteiger partial charge in [-0.2, -0.15) is 0 Å². The quantitative estimate of drug-likeness (QED) is 0.827. The van der Waals surface area contributed by atoms with Crippen LogP contribution in [0.5, 0.6) is 0 Å². The van der Waals surface area contributed by atoms with Gasteiger partial charge in [-0.3, -0.25) is 4.98 Å². The second-order valence-electron chi connectivity index (χ2n) is 4.07. The Morgan fingerprint density at radius 2 is 2.17 bits per heavy atom. The molecule has 0 fully saturated rings. The van der Waals surface area contributed by atoms with E-state index in [0.717, 1.165) is 22.5 Å². The molecule has 0 saturated carbocycles. The van der Waals surface area contributed by atoms with Crippen molar-refractivity contribution in [1.82, 2.24) is 4.98 Å². The highest BCUT2D eigenvalue weighted by Crippen LogP contribution is 2.15. The molecule has 0 atom stereocenters. The molecule has 1 heterocycles. The lowest BCUT2D eigenvalue weighted by Crippen LogP contribution is -2.11. The molecule has 0 unspecified atom stereocenters. The number of nitrogens with one attached hydrogen (secondary N) is 1. The lowest BCUT2D eigenvalue weighted by Gasteiger charge is -2.09. The Hall–Kier alpha value is -1.94. The number of anilines is 1. The fourth-order valence-corrected chi connectivity index (χ4v) is 1.97. The van der Waals surface area contributed by atoms with Crippen molar-refractivity contribution >= 4 is 22.9 Å². The van der Waals surface area contributed by atoms with Gasteiger partial charge in [-0.1, -0.05) is 18.3 Å². The molecule has 0 saturated heterocycles. The monoisotopic (exact) mass is 257 g/mol. The topological polar surface area (TPSA) is 50.9 Å². The van der Waals surface area contributed by atoms with Crippen molar-refractivity contribution in [3.05, 3.63) is 59.4 Å². The Bertz CT molecular complexity index is 552. The van der Waals surface area contributed by atoms with Crippen LogP contribution in [-0.4, -0.2) is 9.97 Å². The van der Waals surface area contributed by atoms with Crippen LogP contribution in [0.2, 0.25) is 0 Å². The van der Waals surface area contributed by atoms with E-state index < -0.39 is 0 Å². The molecule has 0 aliphatic carbocycles. The van der Waals surface area contributed by atoms with Gasteiger partial charge in [0.2, 0.25) is 0 Å². The first-order valence-electron chi connectivity index (χ1n) is 5.71. The van der Waals surface area contributed by atoms with Gasteiger partial charge >= 0.3 is 0 Å². The summed E-state index contributed by atoms with van der Waals surface area (Å²) in [4.78, 5) is 4.69. The predicted octanol–water partition coefficient (Wildman–Crippen LogP) is 2.64. The van der Waals surface area contributed by atoms with Crippen molar-refractivity contribution in [3.8, 4) is 0 Å². The molecule has 3 N–H and O–H groups in total. The van der Waals surface area contributed by atoms with Gasteiger partial charge in [-0.25, -0.2) is 0 Å². The van der Waals surface area contributed by atoms with Crippen molar-refractivity contribution in [2.75, 3.05) is 5.32 Å². The van der Waals surface area contributed by atoms with Gasteiger partial charge < -0.3 is 11.1 Å². The Labute approximate surface area is 112 Å². The molecular weight excluding hydrogens is 242 g/mol. The number of hydrogen-bond donors (Lipinski definition) is 2. The molecule has 4 heteroatoms. The second-order valence-corrected chi connectivity index (χ2v) is 4.51. The lowest BCUT2D eigenvalue weighted by atomic mass is 10.1. The normalized spacial score (nSPS) is 10.1. The van der Waals surface area contributed by atoms with Crippen LogP contribution in [0.25, 0.3) is 0 Å². The molecule has 18 heavy (non-hydrogen) atoms. The maximum absolute atomic E-state index is 5.63. The Kier molecular flexibility index (Phi) is 3.89. The summed E-state index contributed by atoms with van der Waals surface area (Å²) >= 11 is 4.98. The molecule has 3 nitrogen and oxygen atoms in total. The number of pyridine rings is 1. The van der Waals surface area contributed by atoms with E-state index in [-0.39, 0.29) is 0 Å². The third-order valence-corrected chi connectivity index (χ3v) is 2.91. The van der Waals surface area contributed by atoms with Gasteiger partial charge in [-0.15, -0.1) is 0 Å². The molecule has 92 valence electrons. The van der Waals surface area contributed by atoms with E-state index in [9.17, 15) is 0 Å². The average Bonchev–Trinajstić information content (AvgIpc) is 2.37. The van der Waals surface area contributed by atoms with E-state index in [2.05, 4.69) is 10.3 Å². The van der Waals surface area contributed by atoms with Crippen LogP contribution >= 0.6 is 12.2 Å². The number of nitrogens with zero attached hydrogens (tertiary/aromatic N) is 1. The SMILES string of the molecule is Cc1cc(NCc2ccccn2)ccc1C(N)=S. The van der Waals surface area contributed by atoms with E-state index in [0.29, 0.717) is 11.5 Å². The van der Waals surface area contributed by atoms with Crippen LogP contribution in [-0.2, 0) is 6.54 Å². The van der Waals surface area contributed by atoms with Crippen LogP contribution in [0.15, 0.2) is 42.6 Å². The van der Waals surface area contributed by atoms with Crippen LogP contribution in [0.1, 0.15) is 16.8 Å². The third kappa shape index (κ3) is 3.05. The molecule has 0 aliphatic heterocycles. The molecule has 0 aliphatic rings. The summed E-state index contributed by atoms with van der Waals surface area (Å²) in [7, 11) is 0. The summed E-state index contributed by atoms with van der Waals surface area (Å²) < 4.78 is 0. The number of thiocarbonyl (C=S) groups is 1. The molecule has 2 aromatic rings. The molecule has 0 spiro atoms. The van der Waals surface area contributed by atoms with E-state index in [1.165, 1.54) is 0 Å². The maximum atomic E-state index is 5.63. The van der Waals surface area contributed by atoms with E-state index in [4.69, 9.17) is 18.0 Å². The highest BCUT2D eigenvalue weighted by Gasteiger charge is 2.02. The van der Waals surface area contributed by atoms with E-state index in [1.807, 2.05) is 43.3 Å². The Morgan fingerprint density at radius 3 is 2.78 bits per heavy atom. The van der Waals surface area contributed by atoms with Gasteiger partial charge in [0, 0.05) is 17.4 Å². The molecule has 0 radical (unpaired) electrons. The molecule has 0 amide bonds. The minimum Gasteiger partial charge on any atom is -0.389 e. The lowest BCUT2D eigenvalue weighted by molar-refractivity contribution is 1.04. The summed E-state index contributed by atoms with van der Waals surface area (Å²) in [5, 5.41) is 3.32. The third-order valence-electron chi connectivity index (χ3n) is 2.69. The zero-order chi connectivity index (χ0) is 13.0. The minimum absolute atomic E-state index is 0.434. The van der Waals surface area contributed by atoms with Crippen LogP contribution in [0, 0.1) is 6.92 Å². The van der Waals surface area contributed by atoms with Crippen molar-refractivity contribution < 1.29 is 0 Å². The zero-order valence-electron chi connectivity index (χ0n) is 10.2. The first kappa shape index (κ1) is 12.5. The van der Waals surface area contributed by atoms with Crippen LogP contribution in [0.3, 0.4) is 0 Å². The van der Waals surface area contributed by atoms with Crippen molar-refractivity contribution in [2.24, 2.45) is 5.73 Å². The standard InChI is InChI=1S/C14H15N3S/c1-10-8-11(5-6-13(10)14(15)18)17-9-12-4-2-3-7-16-12/h2-8,17H,9H2,1H3,(H2,15,18). The minimum atomic E-state index is 0.434. The van der Waals surface area contributed by atoms with Gasteiger partial charge in [0.05, 0.1) is 12.2 Å². The smallest absolute Gasteiger partial charge is 0.104 e.